The fourth-order valence-electron chi connectivity index (χ4n) is 3.93. The summed E-state index contributed by atoms with van der Waals surface area (Å²) in [5.74, 6) is 1.81. The van der Waals surface area contributed by atoms with Gasteiger partial charge in [-0.05, 0) is 25.0 Å². The van der Waals surface area contributed by atoms with Gasteiger partial charge in [0.05, 0.1) is 11.6 Å². The third-order valence-electron chi connectivity index (χ3n) is 5.06. The number of fused-ring (bicyclic) bond motifs is 3. The van der Waals surface area contributed by atoms with E-state index in [0.29, 0.717) is 5.69 Å². The molecular formula is C17H16N6OS. The number of carbonyl (C=O) groups excluding carboxylic acids is 1. The Morgan fingerprint density at radius 1 is 1.24 bits per heavy atom. The smallest absolute Gasteiger partial charge is 0.273 e. The molecule has 3 aromatic heterocycles. The van der Waals surface area contributed by atoms with Gasteiger partial charge in [0, 0.05) is 42.3 Å². The number of pyridine rings is 1. The van der Waals surface area contributed by atoms with Crippen molar-refractivity contribution in [3.8, 4) is 11.4 Å². The van der Waals surface area contributed by atoms with E-state index in [4.69, 9.17) is 0 Å². The molecule has 8 heteroatoms. The molecule has 0 aromatic carbocycles. The number of hydrogen-bond acceptors (Lipinski definition) is 6. The molecule has 0 spiro atoms. The first-order chi connectivity index (χ1) is 12.3. The second kappa shape index (κ2) is 5.73. The van der Waals surface area contributed by atoms with E-state index in [2.05, 4.69) is 24.7 Å². The van der Waals surface area contributed by atoms with Gasteiger partial charge in [0.25, 0.3) is 5.91 Å². The van der Waals surface area contributed by atoms with Crippen LogP contribution in [0.4, 0.5) is 0 Å². The summed E-state index contributed by atoms with van der Waals surface area (Å²) in [6, 6.07) is 4.22. The van der Waals surface area contributed by atoms with Gasteiger partial charge in [0.2, 0.25) is 0 Å². The van der Waals surface area contributed by atoms with Crippen LogP contribution in [0.3, 0.4) is 0 Å². The zero-order valence-electron chi connectivity index (χ0n) is 13.4. The third kappa shape index (κ3) is 2.36. The highest BCUT2D eigenvalue weighted by molar-refractivity contribution is 7.07. The molecule has 2 atom stereocenters. The van der Waals surface area contributed by atoms with Crippen molar-refractivity contribution in [2.24, 2.45) is 0 Å². The minimum Gasteiger partial charge on any atom is -0.329 e. The molecule has 1 amide bonds. The van der Waals surface area contributed by atoms with Crippen LogP contribution in [-0.4, -0.2) is 47.6 Å². The van der Waals surface area contributed by atoms with Crippen LogP contribution < -0.4 is 0 Å². The second-order valence-electron chi connectivity index (χ2n) is 6.47. The van der Waals surface area contributed by atoms with Crippen molar-refractivity contribution in [2.45, 2.75) is 37.9 Å². The molecule has 1 saturated heterocycles. The van der Waals surface area contributed by atoms with E-state index in [1.54, 1.807) is 17.9 Å². The van der Waals surface area contributed by atoms with Crippen LogP contribution in [0.5, 0.6) is 0 Å². The fraction of sp³-hybridized carbons (Fsp3) is 0.353. The van der Waals surface area contributed by atoms with Crippen molar-refractivity contribution in [3.63, 3.8) is 0 Å². The predicted octanol–water partition coefficient (Wildman–Crippen LogP) is 2.03. The van der Waals surface area contributed by atoms with Gasteiger partial charge >= 0.3 is 0 Å². The average Bonchev–Trinajstić information content (AvgIpc) is 3.35. The number of nitrogens with zero attached hydrogens (tertiary/aromatic N) is 6. The van der Waals surface area contributed by atoms with Gasteiger partial charge in [-0.1, -0.05) is 0 Å². The molecule has 2 aliphatic rings. The molecule has 0 radical (unpaired) electrons. The third-order valence-corrected chi connectivity index (χ3v) is 5.65. The molecule has 2 bridgehead atoms. The van der Waals surface area contributed by atoms with Crippen molar-refractivity contribution in [1.29, 1.82) is 0 Å². The molecule has 1 fully saturated rings. The Labute approximate surface area is 148 Å². The zero-order chi connectivity index (χ0) is 16.8. The Hall–Kier alpha value is -2.61. The first-order valence-corrected chi connectivity index (χ1v) is 9.29. The van der Waals surface area contributed by atoms with Gasteiger partial charge in [-0.3, -0.25) is 9.78 Å². The van der Waals surface area contributed by atoms with E-state index in [1.807, 2.05) is 22.4 Å². The summed E-state index contributed by atoms with van der Waals surface area (Å²) in [6.07, 6.45) is 6.30. The molecule has 5 heterocycles. The maximum Gasteiger partial charge on any atom is 0.273 e. The second-order valence-corrected chi connectivity index (χ2v) is 7.19. The molecule has 0 unspecified atom stereocenters. The lowest BCUT2D eigenvalue weighted by Gasteiger charge is -2.27. The van der Waals surface area contributed by atoms with Gasteiger partial charge in [-0.25, -0.2) is 4.98 Å². The van der Waals surface area contributed by atoms with Crippen LogP contribution >= 0.6 is 11.3 Å². The maximum absolute atomic E-state index is 12.9. The SMILES string of the molecule is O=C(c1cscn1)N1[C@@H]2CC[C@H]1Cc1nnc(-c3cccnc3)n1C2. The summed E-state index contributed by atoms with van der Waals surface area (Å²) in [5.41, 5.74) is 3.21. The van der Waals surface area contributed by atoms with Crippen LogP contribution in [0.1, 0.15) is 29.2 Å². The Kier molecular flexibility index (Phi) is 3.37. The highest BCUT2D eigenvalue weighted by atomic mass is 32.1. The molecule has 126 valence electrons. The lowest BCUT2D eigenvalue weighted by Crippen LogP contribution is -2.42. The van der Waals surface area contributed by atoms with E-state index >= 15 is 0 Å². The topological polar surface area (TPSA) is 76.8 Å². The summed E-state index contributed by atoms with van der Waals surface area (Å²) in [5, 5.41) is 10.6. The molecule has 0 aliphatic carbocycles. The number of aromatic nitrogens is 5. The van der Waals surface area contributed by atoms with Crippen molar-refractivity contribution < 1.29 is 4.79 Å². The van der Waals surface area contributed by atoms with Crippen LogP contribution in [0.15, 0.2) is 35.4 Å². The average molecular weight is 352 g/mol. The molecule has 25 heavy (non-hydrogen) atoms. The molecule has 2 aliphatic heterocycles. The minimum atomic E-state index is 0.0374. The lowest BCUT2D eigenvalue weighted by atomic mass is 10.1. The van der Waals surface area contributed by atoms with E-state index in [-0.39, 0.29) is 18.0 Å². The van der Waals surface area contributed by atoms with Crippen molar-refractivity contribution in [2.75, 3.05) is 0 Å². The Morgan fingerprint density at radius 3 is 2.96 bits per heavy atom. The molecule has 5 rings (SSSR count). The molecular weight excluding hydrogens is 336 g/mol. The summed E-state index contributed by atoms with van der Waals surface area (Å²) in [7, 11) is 0. The highest BCUT2D eigenvalue weighted by Gasteiger charge is 2.41. The van der Waals surface area contributed by atoms with Gasteiger partial charge in [0.15, 0.2) is 5.82 Å². The predicted molar refractivity (Wildman–Crippen MR) is 92.1 cm³/mol. The number of hydrogen-bond donors (Lipinski definition) is 0. The first-order valence-electron chi connectivity index (χ1n) is 8.34. The van der Waals surface area contributed by atoms with E-state index < -0.39 is 0 Å². The van der Waals surface area contributed by atoms with E-state index in [1.165, 1.54) is 11.3 Å². The summed E-state index contributed by atoms with van der Waals surface area (Å²) >= 11 is 1.46. The van der Waals surface area contributed by atoms with Crippen LogP contribution in [0.2, 0.25) is 0 Å². The summed E-state index contributed by atoms with van der Waals surface area (Å²) < 4.78 is 2.15. The van der Waals surface area contributed by atoms with Crippen molar-refractivity contribution >= 4 is 17.2 Å². The Morgan fingerprint density at radius 2 is 2.16 bits per heavy atom. The first kappa shape index (κ1) is 14.7. The number of rotatable bonds is 2. The molecule has 7 nitrogen and oxygen atoms in total. The lowest BCUT2D eigenvalue weighted by molar-refractivity contribution is 0.0660. The van der Waals surface area contributed by atoms with Crippen LogP contribution in [-0.2, 0) is 13.0 Å². The fourth-order valence-corrected chi connectivity index (χ4v) is 4.46. The number of amides is 1. The number of thiazole rings is 1. The Bertz CT molecular complexity index is 907. The highest BCUT2D eigenvalue weighted by Crippen LogP contribution is 2.34. The number of carbonyl (C=O) groups is 1. The monoisotopic (exact) mass is 352 g/mol. The van der Waals surface area contributed by atoms with Gasteiger partial charge in [-0.2, -0.15) is 0 Å². The van der Waals surface area contributed by atoms with Crippen molar-refractivity contribution in [3.05, 3.63) is 46.9 Å². The molecule has 0 N–H and O–H groups in total. The molecule has 3 aromatic rings. The normalized spacial score (nSPS) is 21.8. The Balaban J connectivity index is 1.51. The molecule has 0 saturated carbocycles. The van der Waals surface area contributed by atoms with Gasteiger partial charge < -0.3 is 9.47 Å². The standard InChI is InChI=1S/C17H16N6OS/c24-17(14-9-25-10-19-14)23-12-3-4-13(23)8-22-15(6-12)20-21-16(22)11-2-1-5-18-7-11/h1-2,5,7,9-10,12-13H,3-4,6,8H2/t12-,13+/m0/s1. The summed E-state index contributed by atoms with van der Waals surface area (Å²) in [6.45, 7) is 0.721. The minimum absolute atomic E-state index is 0.0374. The summed E-state index contributed by atoms with van der Waals surface area (Å²) in [4.78, 5) is 23.3. The van der Waals surface area contributed by atoms with Crippen LogP contribution in [0.25, 0.3) is 11.4 Å². The largest absolute Gasteiger partial charge is 0.329 e. The van der Waals surface area contributed by atoms with Crippen molar-refractivity contribution in [1.82, 2.24) is 29.6 Å². The van der Waals surface area contributed by atoms with Gasteiger partial charge in [-0.15, -0.1) is 21.5 Å². The van der Waals surface area contributed by atoms with Gasteiger partial charge in [0.1, 0.15) is 11.5 Å². The quantitative estimate of drug-likeness (QED) is 0.705. The maximum atomic E-state index is 12.9. The van der Waals surface area contributed by atoms with E-state index in [9.17, 15) is 4.79 Å². The van der Waals surface area contributed by atoms with E-state index in [0.717, 1.165) is 43.0 Å². The van der Waals surface area contributed by atoms with Crippen LogP contribution in [0, 0.1) is 0 Å². The zero-order valence-corrected chi connectivity index (χ0v) is 14.3.